The normalized spacial score (nSPS) is 11.8. The van der Waals surface area contributed by atoms with Crippen molar-refractivity contribution in [2.75, 3.05) is 11.4 Å². The van der Waals surface area contributed by atoms with Gasteiger partial charge in [-0.05, 0) is 36.6 Å². The highest BCUT2D eigenvalue weighted by molar-refractivity contribution is 7.09. The Morgan fingerprint density at radius 3 is 2.57 bits per heavy atom. The zero-order valence-corrected chi connectivity index (χ0v) is 18.2. The predicted molar refractivity (Wildman–Crippen MR) is 119 cm³/mol. The van der Waals surface area contributed by atoms with E-state index >= 15 is 0 Å². The Hall–Kier alpha value is -2.80. The second-order valence-corrected chi connectivity index (χ2v) is 7.99. The van der Waals surface area contributed by atoms with Gasteiger partial charge in [0.15, 0.2) is 0 Å². The number of hydrogen-bond donors (Lipinski definition) is 1. The van der Waals surface area contributed by atoms with E-state index in [0.717, 1.165) is 22.7 Å². The highest BCUT2D eigenvalue weighted by Crippen LogP contribution is 2.22. The lowest BCUT2D eigenvalue weighted by molar-refractivity contribution is -0.121. The molecule has 0 spiro atoms. The van der Waals surface area contributed by atoms with E-state index in [-0.39, 0.29) is 17.8 Å². The smallest absolute Gasteiger partial charge is 0.222 e. The molecule has 0 bridgehead atoms. The number of nitrogens with one attached hydrogen (secondary N) is 1. The van der Waals surface area contributed by atoms with Crippen LogP contribution >= 0.6 is 11.5 Å². The average Bonchev–Trinajstić information content (AvgIpc) is 3.22. The van der Waals surface area contributed by atoms with Crippen LogP contribution in [0.25, 0.3) is 0 Å². The van der Waals surface area contributed by atoms with Gasteiger partial charge in [-0.2, -0.15) is 4.37 Å². The van der Waals surface area contributed by atoms with Crippen molar-refractivity contribution in [3.05, 3.63) is 77.4 Å². The van der Waals surface area contributed by atoms with Crippen molar-refractivity contribution < 1.29 is 9.18 Å². The lowest BCUT2D eigenvalue weighted by Crippen LogP contribution is -2.36. The fraction of sp³-hybridized carbons (Fsp3) is 0.348. The largest absolute Gasteiger partial charge is 0.352 e. The van der Waals surface area contributed by atoms with Crippen molar-refractivity contribution in [3.63, 3.8) is 0 Å². The summed E-state index contributed by atoms with van der Waals surface area (Å²) in [6, 6.07) is 16.5. The van der Waals surface area contributed by atoms with Crippen molar-refractivity contribution in [3.8, 4) is 0 Å². The van der Waals surface area contributed by atoms with Gasteiger partial charge in [0.2, 0.25) is 11.0 Å². The van der Waals surface area contributed by atoms with Crippen LogP contribution in [-0.2, 0) is 17.8 Å². The van der Waals surface area contributed by atoms with Gasteiger partial charge in [-0.15, -0.1) is 0 Å². The zero-order valence-electron chi connectivity index (χ0n) is 17.3. The maximum atomic E-state index is 13.1. The second-order valence-electron chi connectivity index (χ2n) is 7.26. The first-order chi connectivity index (χ1) is 14.5. The van der Waals surface area contributed by atoms with Crippen molar-refractivity contribution in [1.82, 2.24) is 14.7 Å². The Bertz CT molecular complexity index is 930. The third-order valence-electron chi connectivity index (χ3n) is 5.01. The fourth-order valence-electron chi connectivity index (χ4n) is 3.05. The monoisotopic (exact) mass is 426 g/mol. The molecule has 3 rings (SSSR count). The summed E-state index contributed by atoms with van der Waals surface area (Å²) in [5.41, 5.74) is 2.05. The first kappa shape index (κ1) is 21.9. The SMILES string of the molecule is CC[C@H](C)N(CCC(=O)NCc1ccccc1)c1nc(Cc2ccc(F)cc2)ns1. The number of aromatic nitrogens is 2. The van der Waals surface area contributed by atoms with Crippen LogP contribution in [-0.4, -0.2) is 27.9 Å². The van der Waals surface area contributed by atoms with Crippen LogP contribution in [0.4, 0.5) is 9.52 Å². The molecule has 1 amide bonds. The molecule has 1 N–H and O–H groups in total. The van der Waals surface area contributed by atoms with Crippen LogP contribution in [0, 0.1) is 5.82 Å². The summed E-state index contributed by atoms with van der Waals surface area (Å²) < 4.78 is 17.6. The highest BCUT2D eigenvalue weighted by atomic mass is 32.1. The van der Waals surface area contributed by atoms with Crippen molar-refractivity contribution in [2.24, 2.45) is 0 Å². The molecule has 0 unspecified atom stereocenters. The van der Waals surface area contributed by atoms with Gasteiger partial charge in [0, 0.05) is 43.5 Å². The van der Waals surface area contributed by atoms with E-state index in [1.54, 1.807) is 12.1 Å². The third kappa shape index (κ3) is 6.35. The van der Waals surface area contributed by atoms with Gasteiger partial charge in [0.1, 0.15) is 11.6 Å². The molecule has 0 aliphatic carbocycles. The van der Waals surface area contributed by atoms with Crippen LogP contribution in [0.15, 0.2) is 54.6 Å². The minimum Gasteiger partial charge on any atom is -0.352 e. The van der Waals surface area contributed by atoms with Gasteiger partial charge < -0.3 is 10.2 Å². The van der Waals surface area contributed by atoms with Crippen molar-refractivity contribution in [1.29, 1.82) is 0 Å². The summed E-state index contributed by atoms with van der Waals surface area (Å²) >= 11 is 1.34. The number of carbonyl (C=O) groups excluding carboxylic acids is 1. The summed E-state index contributed by atoms with van der Waals surface area (Å²) in [4.78, 5) is 19.2. The standard InChI is InChI=1S/C23H27FN4OS/c1-3-17(2)28(14-13-22(29)25-16-19-7-5-4-6-8-19)23-26-21(27-30-23)15-18-9-11-20(24)12-10-18/h4-12,17H,3,13-16H2,1-2H3,(H,25,29)/t17-/m0/s1. The Labute approximate surface area is 181 Å². The molecule has 2 aromatic carbocycles. The maximum absolute atomic E-state index is 13.1. The Morgan fingerprint density at radius 1 is 1.13 bits per heavy atom. The first-order valence-electron chi connectivity index (χ1n) is 10.2. The molecule has 1 heterocycles. The molecule has 5 nitrogen and oxygen atoms in total. The second kappa shape index (κ2) is 10.8. The molecule has 0 aliphatic rings. The van der Waals surface area contributed by atoms with Gasteiger partial charge >= 0.3 is 0 Å². The van der Waals surface area contributed by atoms with Crippen molar-refractivity contribution >= 4 is 22.6 Å². The quantitative estimate of drug-likeness (QED) is 0.516. The average molecular weight is 427 g/mol. The Morgan fingerprint density at radius 2 is 1.87 bits per heavy atom. The number of carbonyl (C=O) groups is 1. The summed E-state index contributed by atoms with van der Waals surface area (Å²) in [7, 11) is 0. The van der Waals surface area contributed by atoms with Crippen LogP contribution in [0.2, 0.25) is 0 Å². The molecule has 1 atom stereocenters. The molecule has 0 aliphatic heterocycles. The van der Waals surface area contributed by atoms with Gasteiger partial charge in [-0.3, -0.25) is 4.79 Å². The highest BCUT2D eigenvalue weighted by Gasteiger charge is 2.19. The number of nitrogens with zero attached hydrogens (tertiary/aromatic N) is 3. The number of hydrogen-bond acceptors (Lipinski definition) is 5. The lowest BCUT2D eigenvalue weighted by Gasteiger charge is -2.27. The van der Waals surface area contributed by atoms with Crippen LogP contribution in [0.1, 0.15) is 43.6 Å². The van der Waals surface area contributed by atoms with Gasteiger partial charge in [0.25, 0.3) is 0 Å². The third-order valence-corrected chi connectivity index (χ3v) is 5.80. The summed E-state index contributed by atoms with van der Waals surface area (Å²) in [5.74, 6) is 0.478. The molecule has 0 saturated carbocycles. The molecular formula is C23H27FN4OS. The van der Waals surface area contributed by atoms with Crippen LogP contribution in [0.5, 0.6) is 0 Å². The zero-order chi connectivity index (χ0) is 21.3. The molecule has 1 aromatic heterocycles. The molecule has 30 heavy (non-hydrogen) atoms. The van der Waals surface area contributed by atoms with E-state index < -0.39 is 0 Å². The molecule has 3 aromatic rings. The van der Waals surface area contributed by atoms with E-state index in [0.29, 0.717) is 31.8 Å². The summed E-state index contributed by atoms with van der Waals surface area (Å²) in [6.45, 7) is 5.36. The molecule has 158 valence electrons. The Kier molecular flexibility index (Phi) is 7.90. The van der Waals surface area contributed by atoms with Crippen molar-refractivity contribution in [2.45, 2.75) is 45.7 Å². The molecule has 7 heteroatoms. The number of halogens is 1. The lowest BCUT2D eigenvalue weighted by atomic mass is 10.1. The van der Waals surface area contributed by atoms with E-state index in [2.05, 4.69) is 33.4 Å². The van der Waals surface area contributed by atoms with Gasteiger partial charge in [0.05, 0.1) is 0 Å². The van der Waals surface area contributed by atoms with E-state index in [9.17, 15) is 9.18 Å². The number of anilines is 1. The first-order valence-corrected chi connectivity index (χ1v) is 11.0. The topological polar surface area (TPSA) is 58.1 Å². The number of amides is 1. The molecular weight excluding hydrogens is 399 g/mol. The summed E-state index contributed by atoms with van der Waals surface area (Å²) in [5, 5.41) is 3.79. The van der Waals surface area contributed by atoms with E-state index in [1.807, 2.05) is 30.3 Å². The minimum atomic E-state index is -0.251. The minimum absolute atomic E-state index is 0.0169. The number of rotatable bonds is 10. The molecule has 0 saturated heterocycles. The number of benzene rings is 2. The molecule has 0 radical (unpaired) electrons. The van der Waals surface area contributed by atoms with Crippen LogP contribution < -0.4 is 10.2 Å². The van der Waals surface area contributed by atoms with E-state index in [4.69, 9.17) is 0 Å². The van der Waals surface area contributed by atoms with Gasteiger partial charge in [-0.1, -0.05) is 49.4 Å². The Balaban J connectivity index is 1.58. The van der Waals surface area contributed by atoms with E-state index in [1.165, 1.54) is 23.7 Å². The van der Waals surface area contributed by atoms with Crippen LogP contribution in [0.3, 0.4) is 0 Å². The fourth-order valence-corrected chi connectivity index (χ4v) is 3.86. The summed E-state index contributed by atoms with van der Waals surface area (Å²) in [6.07, 6.45) is 1.89. The molecule has 0 fully saturated rings. The maximum Gasteiger partial charge on any atom is 0.222 e. The predicted octanol–water partition coefficient (Wildman–Crippen LogP) is 4.58. The van der Waals surface area contributed by atoms with Gasteiger partial charge in [-0.25, -0.2) is 9.37 Å².